The summed E-state index contributed by atoms with van der Waals surface area (Å²) in [4.78, 5) is 22.9. The molecule has 0 unspecified atom stereocenters. The van der Waals surface area contributed by atoms with Gasteiger partial charge in [0.15, 0.2) is 11.6 Å². The number of nitrogens with zero attached hydrogens (tertiary/aromatic N) is 2. The van der Waals surface area contributed by atoms with Crippen LogP contribution in [-0.2, 0) is 16.0 Å². The second kappa shape index (κ2) is 3.80. The molecule has 0 atom stereocenters. The first-order valence-electron chi connectivity index (χ1n) is 4.88. The quantitative estimate of drug-likeness (QED) is 0.723. The summed E-state index contributed by atoms with van der Waals surface area (Å²) in [5.41, 5.74) is 6.30. The molecule has 2 rings (SSSR count). The molecule has 0 radical (unpaired) electrons. The minimum atomic E-state index is -0.538. The summed E-state index contributed by atoms with van der Waals surface area (Å²) >= 11 is 0. The van der Waals surface area contributed by atoms with E-state index in [0.717, 1.165) is 0 Å². The first-order valence-corrected chi connectivity index (χ1v) is 4.88. The van der Waals surface area contributed by atoms with E-state index in [1.165, 1.54) is 17.0 Å². The van der Waals surface area contributed by atoms with Crippen LogP contribution in [-0.4, -0.2) is 28.1 Å². The SMILES string of the molecule is CCOC(=O)c1c(N)nn2c1CC(=O)C=C2. The normalized spacial score (nSPS) is 13.7. The van der Waals surface area contributed by atoms with Gasteiger partial charge in [0.2, 0.25) is 0 Å². The van der Waals surface area contributed by atoms with Gasteiger partial charge in [-0.15, -0.1) is 0 Å². The van der Waals surface area contributed by atoms with Crippen molar-refractivity contribution in [3.63, 3.8) is 0 Å². The number of hydrogen-bond donors (Lipinski definition) is 1. The lowest BCUT2D eigenvalue weighted by Gasteiger charge is -2.07. The summed E-state index contributed by atoms with van der Waals surface area (Å²) in [6.45, 7) is 1.96. The Kier molecular flexibility index (Phi) is 2.47. The second-order valence-electron chi connectivity index (χ2n) is 3.33. The van der Waals surface area contributed by atoms with E-state index in [0.29, 0.717) is 5.69 Å². The number of rotatable bonds is 2. The smallest absolute Gasteiger partial charge is 0.343 e. The van der Waals surface area contributed by atoms with E-state index in [2.05, 4.69) is 5.10 Å². The van der Waals surface area contributed by atoms with Crippen molar-refractivity contribution in [1.29, 1.82) is 0 Å². The Morgan fingerprint density at radius 3 is 3.12 bits per heavy atom. The number of nitrogens with two attached hydrogens (primary N) is 1. The first-order chi connectivity index (χ1) is 7.63. The summed E-state index contributed by atoms with van der Waals surface area (Å²) < 4.78 is 6.29. The minimum Gasteiger partial charge on any atom is -0.462 e. The number of fused-ring (bicyclic) bond motifs is 1. The molecule has 0 spiro atoms. The van der Waals surface area contributed by atoms with E-state index in [4.69, 9.17) is 10.5 Å². The lowest BCUT2D eigenvalue weighted by molar-refractivity contribution is -0.114. The fraction of sp³-hybridized carbons (Fsp3) is 0.300. The molecule has 2 heterocycles. The van der Waals surface area contributed by atoms with Crippen molar-refractivity contribution in [3.05, 3.63) is 17.3 Å². The maximum Gasteiger partial charge on any atom is 0.343 e. The highest BCUT2D eigenvalue weighted by molar-refractivity contribution is 6.01. The van der Waals surface area contributed by atoms with Crippen LogP contribution in [0.2, 0.25) is 0 Å². The largest absolute Gasteiger partial charge is 0.462 e. The molecule has 1 aliphatic heterocycles. The van der Waals surface area contributed by atoms with Gasteiger partial charge in [0, 0.05) is 6.20 Å². The summed E-state index contributed by atoms with van der Waals surface area (Å²) in [5.74, 6) is -0.532. The summed E-state index contributed by atoms with van der Waals surface area (Å²) in [7, 11) is 0. The molecule has 0 aliphatic carbocycles. The molecule has 0 saturated heterocycles. The Morgan fingerprint density at radius 2 is 2.44 bits per heavy atom. The van der Waals surface area contributed by atoms with Gasteiger partial charge in [-0.05, 0) is 13.0 Å². The van der Waals surface area contributed by atoms with Crippen LogP contribution in [0.1, 0.15) is 23.0 Å². The van der Waals surface area contributed by atoms with Gasteiger partial charge in [-0.25, -0.2) is 9.48 Å². The van der Waals surface area contributed by atoms with E-state index in [1.54, 1.807) is 6.92 Å². The van der Waals surface area contributed by atoms with Gasteiger partial charge in [0.25, 0.3) is 0 Å². The number of anilines is 1. The minimum absolute atomic E-state index is 0.0852. The number of allylic oxidation sites excluding steroid dienone is 1. The van der Waals surface area contributed by atoms with Crippen molar-refractivity contribution in [2.75, 3.05) is 12.3 Å². The van der Waals surface area contributed by atoms with Gasteiger partial charge < -0.3 is 10.5 Å². The molecule has 0 saturated carbocycles. The molecule has 0 amide bonds. The molecule has 0 aromatic carbocycles. The van der Waals surface area contributed by atoms with Crippen molar-refractivity contribution in [2.45, 2.75) is 13.3 Å². The van der Waals surface area contributed by atoms with Crippen molar-refractivity contribution >= 4 is 23.8 Å². The maximum absolute atomic E-state index is 11.6. The van der Waals surface area contributed by atoms with Crippen molar-refractivity contribution in [1.82, 2.24) is 9.78 Å². The van der Waals surface area contributed by atoms with Crippen LogP contribution < -0.4 is 5.73 Å². The molecule has 0 bridgehead atoms. The zero-order valence-corrected chi connectivity index (χ0v) is 8.77. The molecule has 84 valence electrons. The molecule has 1 aromatic rings. The number of ketones is 1. The molecule has 6 nitrogen and oxygen atoms in total. The Morgan fingerprint density at radius 1 is 1.69 bits per heavy atom. The highest BCUT2D eigenvalue weighted by Crippen LogP contribution is 2.21. The number of carbonyl (C=O) groups is 2. The van der Waals surface area contributed by atoms with Gasteiger partial charge in [-0.3, -0.25) is 4.79 Å². The number of hydrogen-bond acceptors (Lipinski definition) is 5. The van der Waals surface area contributed by atoms with Crippen molar-refractivity contribution in [2.24, 2.45) is 0 Å². The zero-order chi connectivity index (χ0) is 11.7. The highest BCUT2D eigenvalue weighted by Gasteiger charge is 2.25. The summed E-state index contributed by atoms with van der Waals surface area (Å²) in [6, 6.07) is 0. The Balaban J connectivity index is 2.46. The monoisotopic (exact) mass is 221 g/mol. The van der Waals surface area contributed by atoms with Crippen LogP contribution in [0, 0.1) is 0 Å². The molecule has 0 fully saturated rings. The lowest BCUT2D eigenvalue weighted by atomic mass is 10.1. The number of aromatic nitrogens is 2. The van der Waals surface area contributed by atoms with Crippen LogP contribution in [0.25, 0.3) is 6.20 Å². The molecule has 6 heteroatoms. The zero-order valence-electron chi connectivity index (χ0n) is 8.77. The molecular formula is C10H11N3O3. The molecular weight excluding hydrogens is 210 g/mol. The average molecular weight is 221 g/mol. The van der Waals surface area contributed by atoms with Gasteiger partial charge in [0.05, 0.1) is 18.7 Å². The van der Waals surface area contributed by atoms with Gasteiger partial charge in [0.1, 0.15) is 5.56 Å². The third-order valence-electron chi connectivity index (χ3n) is 2.26. The van der Waals surface area contributed by atoms with Crippen LogP contribution >= 0.6 is 0 Å². The van der Waals surface area contributed by atoms with E-state index < -0.39 is 5.97 Å². The Bertz CT molecular complexity index is 488. The van der Waals surface area contributed by atoms with Gasteiger partial charge >= 0.3 is 5.97 Å². The highest BCUT2D eigenvalue weighted by atomic mass is 16.5. The number of carbonyl (C=O) groups excluding carboxylic acids is 2. The molecule has 2 N–H and O–H groups in total. The standard InChI is InChI=1S/C10H11N3O3/c1-2-16-10(15)8-7-5-6(14)3-4-13(7)12-9(8)11/h3-4H,2,5H2,1H3,(H2,11,12). The predicted molar refractivity (Wildman–Crippen MR) is 56.6 cm³/mol. The third-order valence-corrected chi connectivity index (χ3v) is 2.26. The van der Waals surface area contributed by atoms with Crippen LogP contribution in [0.15, 0.2) is 6.08 Å². The van der Waals surface area contributed by atoms with Crippen molar-refractivity contribution in [3.8, 4) is 0 Å². The summed E-state index contributed by atoms with van der Waals surface area (Å²) in [6.07, 6.45) is 3.00. The van der Waals surface area contributed by atoms with Gasteiger partial charge in [-0.1, -0.05) is 0 Å². The van der Waals surface area contributed by atoms with Gasteiger partial charge in [-0.2, -0.15) is 5.10 Å². The van der Waals surface area contributed by atoms with E-state index in [1.807, 2.05) is 0 Å². The number of ether oxygens (including phenoxy) is 1. The number of nitrogen functional groups attached to an aromatic ring is 1. The van der Waals surface area contributed by atoms with E-state index in [9.17, 15) is 9.59 Å². The third kappa shape index (κ3) is 1.58. The lowest BCUT2D eigenvalue weighted by Crippen LogP contribution is -2.15. The average Bonchev–Trinajstić information content (AvgIpc) is 2.53. The fourth-order valence-electron chi connectivity index (χ4n) is 1.58. The first kappa shape index (κ1) is 10.4. The van der Waals surface area contributed by atoms with Crippen LogP contribution in [0.5, 0.6) is 0 Å². The Labute approximate surface area is 91.7 Å². The van der Waals surface area contributed by atoms with E-state index in [-0.39, 0.29) is 30.2 Å². The maximum atomic E-state index is 11.6. The summed E-state index contributed by atoms with van der Waals surface area (Å²) in [5, 5.41) is 3.94. The van der Waals surface area contributed by atoms with Crippen molar-refractivity contribution < 1.29 is 14.3 Å². The molecule has 1 aromatic heterocycles. The topological polar surface area (TPSA) is 87.2 Å². The van der Waals surface area contributed by atoms with Crippen LogP contribution in [0.3, 0.4) is 0 Å². The molecule has 1 aliphatic rings. The second-order valence-corrected chi connectivity index (χ2v) is 3.33. The predicted octanol–water partition coefficient (Wildman–Crippen LogP) is 0.238. The van der Waals surface area contributed by atoms with Crippen LogP contribution in [0.4, 0.5) is 5.82 Å². The molecule has 16 heavy (non-hydrogen) atoms. The van der Waals surface area contributed by atoms with E-state index >= 15 is 0 Å². The fourth-order valence-corrected chi connectivity index (χ4v) is 1.58. The Hall–Kier alpha value is -2.11. The number of esters is 1.